The first-order chi connectivity index (χ1) is 21.3. The third-order valence-electron chi connectivity index (χ3n) is 7.08. The number of halogens is 1. The van der Waals surface area contributed by atoms with Gasteiger partial charge in [0.1, 0.15) is 23.1 Å². The first-order valence-electron chi connectivity index (χ1n) is 14.7. The number of aromatic nitrogens is 1. The first kappa shape index (κ1) is 34.3. The minimum absolute atomic E-state index is 0.0182. The molecule has 12 nitrogen and oxygen atoms in total. The molecule has 1 fully saturated rings. The van der Waals surface area contributed by atoms with Crippen molar-refractivity contribution in [2.45, 2.75) is 57.1 Å². The smallest absolute Gasteiger partial charge is 0.410 e. The maximum Gasteiger partial charge on any atom is 0.410 e. The third-order valence-corrected chi connectivity index (χ3v) is 9.38. The molecule has 2 heterocycles. The zero-order valence-corrected chi connectivity index (χ0v) is 28.1. The molecule has 1 atom stereocenters. The number of carbonyl (C=O) groups is 3. The van der Waals surface area contributed by atoms with Crippen LogP contribution in [0.2, 0.25) is 0 Å². The maximum absolute atomic E-state index is 13.1. The number of fused-ring (bicyclic) bond motifs is 1. The molecule has 0 aliphatic carbocycles. The van der Waals surface area contributed by atoms with Crippen molar-refractivity contribution in [3.8, 4) is 5.75 Å². The molecule has 2 aromatic carbocycles. The number of hydrogen-bond acceptors (Lipinski definition) is 8. The summed E-state index contributed by atoms with van der Waals surface area (Å²) in [5, 5.41) is 3.33. The van der Waals surface area contributed by atoms with Crippen LogP contribution in [0.4, 0.5) is 4.79 Å². The van der Waals surface area contributed by atoms with Gasteiger partial charge in [-0.3, -0.25) is 9.59 Å². The van der Waals surface area contributed by atoms with Crippen LogP contribution in [0.15, 0.2) is 57.9 Å². The first-order valence-corrected chi connectivity index (χ1v) is 17.0. The molecule has 1 aliphatic heterocycles. The molecule has 244 valence electrons. The van der Waals surface area contributed by atoms with Crippen LogP contribution < -0.4 is 14.8 Å². The van der Waals surface area contributed by atoms with Gasteiger partial charge in [0.15, 0.2) is 0 Å². The highest BCUT2D eigenvalue weighted by atomic mass is 79.9. The maximum atomic E-state index is 13.1. The van der Waals surface area contributed by atoms with Gasteiger partial charge in [-0.25, -0.2) is 13.2 Å². The van der Waals surface area contributed by atoms with E-state index in [9.17, 15) is 22.8 Å². The Morgan fingerprint density at radius 2 is 1.78 bits per heavy atom. The van der Waals surface area contributed by atoms with Crippen molar-refractivity contribution < 1.29 is 37.0 Å². The van der Waals surface area contributed by atoms with Crippen molar-refractivity contribution >= 4 is 54.8 Å². The quantitative estimate of drug-likeness (QED) is 0.245. The minimum Gasteiger partial charge on any atom is -0.492 e. The number of benzene rings is 2. The average Bonchev–Trinajstić information content (AvgIpc) is 3.44. The molecule has 0 saturated carbocycles. The number of rotatable bonds is 11. The number of aromatic amines is 1. The Morgan fingerprint density at radius 1 is 1.09 bits per heavy atom. The van der Waals surface area contributed by atoms with Gasteiger partial charge in [0, 0.05) is 30.5 Å². The van der Waals surface area contributed by atoms with Crippen molar-refractivity contribution in [2.75, 3.05) is 32.8 Å². The van der Waals surface area contributed by atoms with Crippen LogP contribution in [0.3, 0.4) is 0 Å². The lowest BCUT2D eigenvalue weighted by molar-refractivity contribution is -0.144. The lowest BCUT2D eigenvalue weighted by Gasteiger charge is -2.33. The molecule has 0 radical (unpaired) electrons. The van der Waals surface area contributed by atoms with Gasteiger partial charge in [0.25, 0.3) is 5.91 Å². The number of H-pyrrole nitrogens is 1. The van der Waals surface area contributed by atoms with Crippen molar-refractivity contribution in [2.24, 2.45) is 5.92 Å². The highest BCUT2D eigenvalue weighted by Crippen LogP contribution is 2.34. The standard InChI is InChI=1S/C31H39BrN4O8S/c1-5-42-29(38)25(35-45(40,41)21-9-7-6-8-10-21)18-33-28(37)24-17-22-23(34-24)11-12-26(27(22)32)43-19-20-13-15-36(16-14-20)30(39)44-31(2,3)4/h6-12,17,20,25,34-35H,5,13-16,18-19H2,1-4H3,(H,33,37)/t25-/m0/s1. The van der Waals surface area contributed by atoms with Crippen molar-refractivity contribution in [1.82, 2.24) is 19.9 Å². The molecule has 45 heavy (non-hydrogen) atoms. The SMILES string of the molecule is CCOC(=O)[C@H](CNC(=O)c1cc2c(Br)c(OCC3CCN(C(=O)OC(C)(C)C)CC3)ccc2[nH]1)NS(=O)(=O)c1ccccc1. The molecule has 3 N–H and O–H groups in total. The predicted octanol–water partition coefficient (Wildman–Crippen LogP) is 4.60. The van der Waals surface area contributed by atoms with Gasteiger partial charge in [0.2, 0.25) is 10.0 Å². The van der Waals surface area contributed by atoms with Crippen LogP contribution in [-0.4, -0.2) is 80.8 Å². The van der Waals surface area contributed by atoms with Crippen LogP contribution in [0, 0.1) is 5.92 Å². The van der Waals surface area contributed by atoms with Crippen LogP contribution in [-0.2, 0) is 24.3 Å². The Kier molecular flexibility index (Phi) is 11.2. The van der Waals surface area contributed by atoms with E-state index >= 15 is 0 Å². The molecular weight excluding hydrogens is 668 g/mol. The molecular formula is C31H39BrN4O8S. The summed E-state index contributed by atoms with van der Waals surface area (Å²) in [4.78, 5) is 42.7. The Morgan fingerprint density at radius 3 is 2.42 bits per heavy atom. The molecule has 1 aromatic heterocycles. The second-order valence-electron chi connectivity index (χ2n) is 11.7. The summed E-state index contributed by atoms with van der Waals surface area (Å²) in [6, 6.07) is 11.5. The van der Waals surface area contributed by atoms with E-state index in [1.165, 1.54) is 12.1 Å². The number of hydrogen-bond donors (Lipinski definition) is 3. The van der Waals surface area contributed by atoms with Crippen molar-refractivity contribution in [1.29, 1.82) is 0 Å². The van der Waals surface area contributed by atoms with E-state index in [1.54, 1.807) is 48.2 Å². The second-order valence-corrected chi connectivity index (χ2v) is 14.2. The number of ether oxygens (including phenoxy) is 3. The van der Waals surface area contributed by atoms with E-state index in [0.29, 0.717) is 40.8 Å². The summed E-state index contributed by atoms with van der Waals surface area (Å²) in [6.07, 6.45) is 1.29. The molecule has 1 aliphatic rings. The van der Waals surface area contributed by atoms with E-state index in [1.807, 2.05) is 20.8 Å². The third kappa shape index (κ3) is 9.21. The van der Waals surface area contributed by atoms with E-state index in [4.69, 9.17) is 14.2 Å². The van der Waals surface area contributed by atoms with Gasteiger partial charge >= 0.3 is 12.1 Å². The van der Waals surface area contributed by atoms with Gasteiger partial charge in [-0.2, -0.15) is 4.72 Å². The van der Waals surface area contributed by atoms with Gasteiger partial charge in [-0.05, 0) is 92.7 Å². The summed E-state index contributed by atoms with van der Waals surface area (Å²) in [6.45, 7) is 8.54. The van der Waals surface area contributed by atoms with Gasteiger partial charge in [0.05, 0.1) is 22.6 Å². The fourth-order valence-corrected chi connectivity index (χ4v) is 6.54. The molecule has 0 unspecified atom stereocenters. The fourth-order valence-electron chi connectivity index (χ4n) is 4.76. The highest BCUT2D eigenvalue weighted by Gasteiger charge is 2.29. The second kappa shape index (κ2) is 14.6. The normalized spacial score (nSPS) is 15.0. The number of likely N-dealkylation sites (tertiary alicyclic amines) is 1. The van der Waals surface area contributed by atoms with Gasteiger partial charge in [-0.1, -0.05) is 18.2 Å². The molecule has 0 spiro atoms. The summed E-state index contributed by atoms with van der Waals surface area (Å²) >= 11 is 3.60. The Balaban J connectivity index is 1.36. The lowest BCUT2D eigenvalue weighted by atomic mass is 9.98. The van der Waals surface area contributed by atoms with Crippen LogP contribution >= 0.6 is 15.9 Å². The van der Waals surface area contributed by atoms with Crippen LogP contribution in [0.25, 0.3) is 10.9 Å². The highest BCUT2D eigenvalue weighted by molar-refractivity contribution is 9.10. The monoisotopic (exact) mass is 706 g/mol. The topological polar surface area (TPSA) is 156 Å². The van der Waals surface area contributed by atoms with Gasteiger partial charge in [-0.15, -0.1) is 0 Å². The molecule has 2 amide bonds. The Bertz CT molecular complexity index is 1610. The predicted molar refractivity (Wildman–Crippen MR) is 172 cm³/mol. The number of sulfonamides is 1. The lowest BCUT2D eigenvalue weighted by Crippen LogP contribution is -2.49. The van der Waals surface area contributed by atoms with Gasteiger partial charge < -0.3 is 29.4 Å². The Hall–Kier alpha value is -3.62. The van der Waals surface area contributed by atoms with Crippen LogP contribution in [0.1, 0.15) is 51.0 Å². The number of amides is 2. The van der Waals surface area contributed by atoms with E-state index in [-0.39, 0.29) is 35.8 Å². The number of nitrogens with zero attached hydrogens (tertiary/aromatic N) is 1. The summed E-state index contributed by atoms with van der Waals surface area (Å²) in [5.41, 5.74) is 0.358. The number of nitrogens with one attached hydrogen (secondary N) is 3. The fraction of sp³-hybridized carbons (Fsp3) is 0.452. The number of piperidine rings is 1. The summed E-state index contributed by atoms with van der Waals surface area (Å²) in [5.74, 6) is -0.467. The zero-order valence-electron chi connectivity index (χ0n) is 25.7. The molecule has 0 bridgehead atoms. The van der Waals surface area contributed by atoms with Crippen molar-refractivity contribution in [3.63, 3.8) is 0 Å². The largest absolute Gasteiger partial charge is 0.492 e. The summed E-state index contributed by atoms with van der Waals surface area (Å²) in [7, 11) is -4.05. The molecule has 1 saturated heterocycles. The average molecular weight is 708 g/mol. The number of carbonyl (C=O) groups excluding carboxylic acids is 3. The number of esters is 1. The van der Waals surface area contributed by atoms with Crippen LogP contribution in [0.5, 0.6) is 5.75 Å². The molecule has 14 heteroatoms. The molecule has 4 rings (SSSR count). The molecule has 3 aromatic rings. The van der Waals surface area contributed by atoms with E-state index < -0.39 is 33.5 Å². The summed E-state index contributed by atoms with van der Waals surface area (Å²) < 4.78 is 45.3. The zero-order chi connectivity index (χ0) is 32.8. The van der Waals surface area contributed by atoms with Crippen molar-refractivity contribution in [3.05, 3.63) is 58.7 Å². The Labute approximate surface area is 271 Å². The van der Waals surface area contributed by atoms with E-state index in [2.05, 4.69) is 31.0 Å². The minimum atomic E-state index is -4.05. The van der Waals surface area contributed by atoms with E-state index in [0.717, 1.165) is 12.8 Å².